The van der Waals surface area contributed by atoms with Crippen molar-refractivity contribution >= 4 is 17.7 Å². The molecule has 324 valence electrons. The number of nitrogens with zero attached hydrogens (tertiary/aromatic N) is 2. The van der Waals surface area contributed by atoms with Gasteiger partial charge in [0.25, 0.3) is 0 Å². The quantitative estimate of drug-likeness (QED) is 0.120. The van der Waals surface area contributed by atoms with E-state index in [4.69, 9.17) is 37.9 Å². The number of ether oxygens (including phenoxy) is 8. The molecule has 4 N–H and O–H groups in total. The highest BCUT2D eigenvalue weighted by molar-refractivity contribution is 5.88. The Kier molecular flexibility index (Phi) is 14.8. The molecular weight excluding hydrogens is 732 g/mol. The van der Waals surface area contributed by atoms with Gasteiger partial charge in [-0.1, -0.05) is 32.9 Å². The Labute approximate surface area is 332 Å². The lowest BCUT2D eigenvalue weighted by Crippen LogP contribution is -2.62. The topological polar surface area (TPSA) is 208 Å². The molecular formula is C40H70N2O14. The molecule has 0 bridgehead atoms. The van der Waals surface area contributed by atoms with E-state index in [0.717, 1.165) is 0 Å². The van der Waals surface area contributed by atoms with Crippen molar-refractivity contribution in [2.24, 2.45) is 28.8 Å². The van der Waals surface area contributed by atoms with Crippen LogP contribution in [-0.2, 0) is 47.5 Å². The molecule has 4 fully saturated rings. The molecule has 0 saturated carbocycles. The molecule has 16 heteroatoms. The SMILES string of the molecule is CC[C@H]1OC(=O)[C@H](C)[C@@H](O[C@H]2C[C@@](C)(OC)[C@]3(CO3)[C@H](C)O2)[C@H](C)[C@@H](O[C@@H]2O[C@H](C)C[C@H](N(C)C)[C@H]2OC(C)=O)[C@](C)(O)C[C@@H](C)/C(=N\O)[C@H](C)[C@@H](O)[C@]1(C)O. The number of carbonyl (C=O) groups is 2. The van der Waals surface area contributed by atoms with Gasteiger partial charge in [0.1, 0.15) is 22.9 Å². The maximum atomic E-state index is 14.3. The Bertz CT molecular complexity index is 1390. The van der Waals surface area contributed by atoms with Crippen molar-refractivity contribution < 1.29 is 68.0 Å². The van der Waals surface area contributed by atoms with Crippen LogP contribution in [0, 0.1) is 23.7 Å². The van der Waals surface area contributed by atoms with Gasteiger partial charge in [0, 0.05) is 38.2 Å². The summed E-state index contributed by atoms with van der Waals surface area (Å²) in [6, 6.07) is -0.304. The number of rotatable bonds is 8. The minimum absolute atomic E-state index is 0.0699. The number of aliphatic hydroxyl groups is 3. The van der Waals surface area contributed by atoms with Gasteiger partial charge in [-0.3, -0.25) is 9.59 Å². The molecule has 4 heterocycles. The molecule has 0 aromatic carbocycles. The highest BCUT2D eigenvalue weighted by Crippen LogP contribution is 2.51. The zero-order chi connectivity index (χ0) is 42.3. The first-order valence-electron chi connectivity index (χ1n) is 20.1. The van der Waals surface area contributed by atoms with Gasteiger partial charge in [-0.05, 0) is 74.9 Å². The Morgan fingerprint density at radius 1 is 0.982 bits per heavy atom. The van der Waals surface area contributed by atoms with Gasteiger partial charge in [-0.2, -0.15) is 0 Å². The number of likely N-dealkylation sites (N-methyl/N-ethyl adjacent to an activating group) is 1. The van der Waals surface area contributed by atoms with Gasteiger partial charge in [0.05, 0.1) is 60.4 Å². The lowest BCUT2D eigenvalue weighted by molar-refractivity contribution is -0.316. The normalized spacial score (nSPS) is 49.0. The number of hydrogen-bond acceptors (Lipinski definition) is 16. The largest absolute Gasteiger partial charge is 0.459 e. The van der Waals surface area contributed by atoms with Crippen molar-refractivity contribution in [3.05, 3.63) is 0 Å². The third-order valence-electron chi connectivity index (χ3n) is 13.1. The summed E-state index contributed by atoms with van der Waals surface area (Å²) in [5.74, 6) is -4.77. The van der Waals surface area contributed by atoms with Gasteiger partial charge in [-0.25, -0.2) is 0 Å². The Morgan fingerprint density at radius 3 is 2.12 bits per heavy atom. The van der Waals surface area contributed by atoms with Crippen molar-refractivity contribution in [3.63, 3.8) is 0 Å². The molecule has 4 rings (SSSR count). The Morgan fingerprint density at radius 2 is 1.61 bits per heavy atom. The van der Waals surface area contributed by atoms with Crippen molar-refractivity contribution in [1.82, 2.24) is 4.90 Å². The second-order valence-electron chi connectivity index (χ2n) is 17.8. The molecule has 0 unspecified atom stereocenters. The van der Waals surface area contributed by atoms with E-state index in [1.165, 1.54) is 13.8 Å². The zero-order valence-corrected chi connectivity index (χ0v) is 35.9. The number of hydrogen-bond donors (Lipinski definition) is 4. The summed E-state index contributed by atoms with van der Waals surface area (Å²) in [5, 5.41) is 49.9. The standard InChI is InChI=1S/C40H70N2O14/c1-15-28-39(11,47)33(44)22(4)30(41-48)20(2)17-37(9,46)34(56-36-32(53-26(8)43)27(42(12)13)16-21(3)51-36)23(5)31(24(6)35(45)54-28)55-29-18-38(10,49-14)40(19-50-40)25(7)52-29/h20-25,27-29,31-34,36,44,46-48H,15-19H2,1-14H3/b41-30+/t20-,21-,22+,23+,24-,25+,27+,28-,29+,31+,32-,33-,34-,36+,37-,38-,39-,40+/m1/s1. The van der Waals surface area contributed by atoms with E-state index in [0.29, 0.717) is 13.0 Å². The molecule has 18 atom stereocenters. The van der Waals surface area contributed by atoms with Crippen LogP contribution < -0.4 is 0 Å². The van der Waals surface area contributed by atoms with Gasteiger partial charge in [-0.15, -0.1) is 0 Å². The maximum Gasteiger partial charge on any atom is 0.311 e. The van der Waals surface area contributed by atoms with Gasteiger partial charge in [0.15, 0.2) is 18.7 Å². The van der Waals surface area contributed by atoms with E-state index in [-0.39, 0.29) is 37.1 Å². The van der Waals surface area contributed by atoms with Crippen LogP contribution in [-0.4, -0.2) is 155 Å². The van der Waals surface area contributed by atoms with Crippen molar-refractivity contribution in [2.75, 3.05) is 27.8 Å². The number of esters is 2. The average molecular weight is 803 g/mol. The van der Waals surface area contributed by atoms with E-state index >= 15 is 0 Å². The fourth-order valence-electron chi connectivity index (χ4n) is 9.58. The molecule has 4 saturated heterocycles. The number of cyclic esters (lactones) is 1. The summed E-state index contributed by atoms with van der Waals surface area (Å²) in [6.07, 6.45) is -7.85. The average Bonchev–Trinajstić information content (AvgIpc) is 3.93. The number of carbonyl (C=O) groups excluding carboxylic acids is 2. The summed E-state index contributed by atoms with van der Waals surface area (Å²) in [5.41, 5.74) is -5.11. The first kappa shape index (κ1) is 46.7. The van der Waals surface area contributed by atoms with E-state index in [9.17, 15) is 30.1 Å². The minimum Gasteiger partial charge on any atom is -0.459 e. The van der Waals surface area contributed by atoms with Gasteiger partial charge >= 0.3 is 11.9 Å². The summed E-state index contributed by atoms with van der Waals surface area (Å²) in [7, 11) is 5.35. The first-order valence-corrected chi connectivity index (χ1v) is 20.1. The van der Waals surface area contributed by atoms with Gasteiger partial charge < -0.3 is 63.3 Å². The van der Waals surface area contributed by atoms with Crippen molar-refractivity contribution in [3.8, 4) is 0 Å². The zero-order valence-electron chi connectivity index (χ0n) is 35.9. The molecule has 4 aliphatic rings. The Hall–Kier alpha value is -1.99. The fourth-order valence-corrected chi connectivity index (χ4v) is 9.58. The highest BCUT2D eigenvalue weighted by Gasteiger charge is 2.67. The van der Waals surface area contributed by atoms with Crippen LogP contribution >= 0.6 is 0 Å². The van der Waals surface area contributed by atoms with E-state index in [1.807, 2.05) is 39.8 Å². The van der Waals surface area contributed by atoms with E-state index in [2.05, 4.69) is 5.16 Å². The predicted octanol–water partition coefficient (Wildman–Crippen LogP) is 3.03. The monoisotopic (exact) mass is 802 g/mol. The smallest absolute Gasteiger partial charge is 0.311 e. The van der Waals surface area contributed by atoms with Crippen LogP contribution in [0.4, 0.5) is 0 Å². The lowest BCUT2D eigenvalue weighted by Gasteiger charge is -2.49. The van der Waals surface area contributed by atoms with Crippen molar-refractivity contribution in [1.29, 1.82) is 0 Å². The van der Waals surface area contributed by atoms with Crippen LogP contribution in [0.2, 0.25) is 0 Å². The summed E-state index contributed by atoms with van der Waals surface area (Å²) in [6.45, 7) is 18.9. The second-order valence-corrected chi connectivity index (χ2v) is 17.8. The van der Waals surface area contributed by atoms with Crippen LogP contribution in [0.3, 0.4) is 0 Å². The number of methoxy groups -OCH3 is 1. The predicted molar refractivity (Wildman–Crippen MR) is 203 cm³/mol. The van der Waals surface area contributed by atoms with Crippen LogP contribution in [0.15, 0.2) is 5.16 Å². The molecule has 0 radical (unpaired) electrons. The second kappa shape index (κ2) is 17.7. The number of aliphatic hydroxyl groups excluding tert-OH is 1. The van der Waals surface area contributed by atoms with E-state index in [1.54, 1.807) is 48.7 Å². The molecule has 56 heavy (non-hydrogen) atoms. The third kappa shape index (κ3) is 9.24. The summed E-state index contributed by atoms with van der Waals surface area (Å²) >= 11 is 0. The number of epoxide rings is 1. The van der Waals surface area contributed by atoms with Crippen LogP contribution in [0.5, 0.6) is 0 Å². The van der Waals surface area contributed by atoms with Crippen molar-refractivity contribution in [2.45, 2.75) is 186 Å². The van der Waals surface area contributed by atoms with E-state index < -0.39 is 107 Å². The molecule has 0 aromatic heterocycles. The van der Waals surface area contributed by atoms with Crippen LogP contribution in [0.1, 0.15) is 102 Å². The summed E-state index contributed by atoms with van der Waals surface area (Å²) < 4.78 is 50.3. The first-order chi connectivity index (χ1) is 25.9. The highest BCUT2D eigenvalue weighted by atomic mass is 16.7. The molecule has 1 spiro atoms. The third-order valence-corrected chi connectivity index (χ3v) is 13.1. The molecule has 4 aliphatic heterocycles. The fraction of sp³-hybridized carbons (Fsp3) is 0.925. The lowest BCUT2D eigenvalue weighted by atomic mass is 9.73. The molecule has 0 amide bonds. The molecule has 0 aliphatic carbocycles. The van der Waals surface area contributed by atoms with Crippen LogP contribution in [0.25, 0.3) is 0 Å². The maximum absolute atomic E-state index is 14.3. The Balaban J connectivity index is 1.87. The minimum atomic E-state index is -1.97. The molecule has 0 aromatic rings. The van der Waals surface area contributed by atoms with Gasteiger partial charge in [0.2, 0.25) is 0 Å². The number of oxime groups is 1. The summed E-state index contributed by atoms with van der Waals surface area (Å²) in [4.78, 5) is 28.8. The molecule has 16 nitrogen and oxygen atoms in total.